The lowest BCUT2D eigenvalue weighted by Gasteiger charge is -2.10. The Kier molecular flexibility index (Phi) is 2.75. The number of primary amides is 1. The second-order valence-electron chi connectivity index (χ2n) is 4.50. The molecule has 20 heavy (non-hydrogen) atoms. The molecule has 0 bridgehead atoms. The molecule has 4 nitrogen and oxygen atoms in total. The average Bonchev–Trinajstić information content (AvgIpc) is 2.76. The van der Waals surface area contributed by atoms with E-state index >= 15 is 0 Å². The van der Waals surface area contributed by atoms with Crippen molar-refractivity contribution in [3.8, 4) is 0 Å². The van der Waals surface area contributed by atoms with E-state index in [-0.39, 0.29) is 11.4 Å². The molecule has 0 aromatic heterocycles. The van der Waals surface area contributed by atoms with Gasteiger partial charge in [0.15, 0.2) is 6.10 Å². The van der Waals surface area contributed by atoms with Crippen LogP contribution in [0.1, 0.15) is 37.9 Å². The number of benzene rings is 2. The third-order valence-electron chi connectivity index (χ3n) is 3.24. The predicted molar refractivity (Wildman–Crippen MR) is 68.6 cm³/mol. The summed E-state index contributed by atoms with van der Waals surface area (Å²) in [6, 6.07) is 10.3. The third-order valence-corrected chi connectivity index (χ3v) is 3.24. The molecule has 1 amide bonds. The van der Waals surface area contributed by atoms with Crippen molar-refractivity contribution in [1.82, 2.24) is 0 Å². The molecule has 1 heterocycles. The molecular formula is C15H10FNO3. The van der Waals surface area contributed by atoms with Gasteiger partial charge in [0.25, 0.3) is 0 Å². The summed E-state index contributed by atoms with van der Waals surface area (Å²) in [6.07, 6.45) is -0.583. The van der Waals surface area contributed by atoms with Crippen LogP contribution < -0.4 is 5.73 Å². The van der Waals surface area contributed by atoms with Crippen LogP contribution in [0.4, 0.5) is 4.39 Å². The summed E-state index contributed by atoms with van der Waals surface area (Å²) in [5.74, 6) is -1.48. The van der Waals surface area contributed by atoms with Gasteiger partial charge in [0.05, 0.1) is 5.56 Å². The van der Waals surface area contributed by atoms with Crippen LogP contribution >= 0.6 is 0 Å². The molecule has 2 aromatic carbocycles. The Morgan fingerprint density at radius 3 is 2.50 bits per heavy atom. The number of cyclic esters (lactones) is 1. The van der Waals surface area contributed by atoms with Crippen molar-refractivity contribution in [1.29, 1.82) is 0 Å². The minimum absolute atomic E-state index is 0.250. The molecule has 0 spiro atoms. The average molecular weight is 271 g/mol. The maximum atomic E-state index is 12.9. The normalized spacial score (nSPS) is 16.6. The summed E-state index contributed by atoms with van der Waals surface area (Å²) < 4.78 is 18.2. The number of amides is 1. The number of esters is 1. The Bertz CT molecular complexity index is 710. The van der Waals surface area contributed by atoms with Crippen LogP contribution in [0.3, 0.4) is 0 Å². The summed E-state index contributed by atoms with van der Waals surface area (Å²) in [5.41, 5.74) is 7.07. The highest BCUT2D eigenvalue weighted by molar-refractivity contribution is 5.99. The van der Waals surface area contributed by atoms with E-state index in [0.29, 0.717) is 16.7 Å². The topological polar surface area (TPSA) is 69.4 Å². The Hall–Kier alpha value is -2.69. The maximum absolute atomic E-state index is 12.9. The molecule has 5 heteroatoms. The molecule has 0 saturated heterocycles. The van der Waals surface area contributed by atoms with Crippen molar-refractivity contribution in [2.45, 2.75) is 6.10 Å². The quantitative estimate of drug-likeness (QED) is 0.851. The van der Waals surface area contributed by atoms with E-state index in [1.165, 1.54) is 18.2 Å². The molecule has 2 aromatic rings. The van der Waals surface area contributed by atoms with Gasteiger partial charge in [0.1, 0.15) is 5.82 Å². The van der Waals surface area contributed by atoms with Gasteiger partial charge in [-0.1, -0.05) is 18.2 Å². The first-order valence-corrected chi connectivity index (χ1v) is 5.96. The fourth-order valence-corrected chi connectivity index (χ4v) is 2.23. The fraction of sp³-hybridized carbons (Fsp3) is 0.0667. The standard InChI is InChI=1S/C15H10FNO3/c16-10-4-1-8(2-5-10)13-11-6-3-9(14(17)18)7-12(11)15(19)20-13/h1-7,13H,(H2,17,18)/t13-/m0/s1. The number of nitrogens with two attached hydrogens (primary N) is 1. The minimum atomic E-state index is -0.606. The van der Waals surface area contributed by atoms with Crippen molar-refractivity contribution < 1.29 is 18.7 Å². The molecule has 0 unspecified atom stereocenters. The Morgan fingerprint density at radius 2 is 1.85 bits per heavy atom. The van der Waals surface area contributed by atoms with Crippen molar-refractivity contribution in [2.75, 3.05) is 0 Å². The lowest BCUT2D eigenvalue weighted by molar-refractivity contribution is 0.0456. The van der Waals surface area contributed by atoms with E-state index in [0.717, 1.165) is 0 Å². The van der Waals surface area contributed by atoms with Crippen LogP contribution in [-0.4, -0.2) is 11.9 Å². The first kappa shape index (κ1) is 12.3. The molecule has 100 valence electrons. The van der Waals surface area contributed by atoms with Crippen molar-refractivity contribution in [3.63, 3.8) is 0 Å². The Morgan fingerprint density at radius 1 is 1.15 bits per heavy atom. The molecular weight excluding hydrogens is 261 g/mol. The minimum Gasteiger partial charge on any atom is -0.449 e. The smallest absolute Gasteiger partial charge is 0.339 e. The molecule has 0 aliphatic carbocycles. The second-order valence-corrected chi connectivity index (χ2v) is 4.50. The van der Waals surface area contributed by atoms with Crippen LogP contribution in [0.2, 0.25) is 0 Å². The van der Waals surface area contributed by atoms with E-state index in [2.05, 4.69) is 0 Å². The van der Waals surface area contributed by atoms with E-state index in [1.54, 1.807) is 24.3 Å². The molecule has 0 fully saturated rings. The molecule has 0 saturated carbocycles. The number of fused-ring (bicyclic) bond motifs is 1. The Labute approximate surface area is 114 Å². The zero-order valence-corrected chi connectivity index (χ0v) is 10.3. The van der Waals surface area contributed by atoms with Gasteiger partial charge in [-0.15, -0.1) is 0 Å². The number of hydrogen-bond donors (Lipinski definition) is 1. The SMILES string of the molecule is NC(=O)c1ccc2c(c1)C(=O)O[C@H]2c1ccc(F)cc1. The number of carbonyl (C=O) groups is 2. The predicted octanol–water partition coefficient (Wildman–Crippen LogP) is 2.18. The van der Waals surface area contributed by atoms with Gasteiger partial charge in [0, 0.05) is 11.1 Å². The van der Waals surface area contributed by atoms with Crippen LogP contribution in [0.15, 0.2) is 42.5 Å². The molecule has 2 N–H and O–H groups in total. The number of hydrogen-bond acceptors (Lipinski definition) is 3. The highest BCUT2D eigenvalue weighted by Gasteiger charge is 2.32. The second kappa shape index (κ2) is 4.45. The number of ether oxygens (including phenoxy) is 1. The van der Waals surface area contributed by atoms with Crippen molar-refractivity contribution in [3.05, 3.63) is 70.5 Å². The third kappa shape index (κ3) is 1.93. The highest BCUT2D eigenvalue weighted by atomic mass is 19.1. The van der Waals surface area contributed by atoms with E-state index in [9.17, 15) is 14.0 Å². The first-order chi connectivity index (χ1) is 9.56. The number of carbonyl (C=O) groups excluding carboxylic acids is 2. The Balaban J connectivity index is 2.06. The highest BCUT2D eigenvalue weighted by Crippen LogP contribution is 2.36. The van der Waals surface area contributed by atoms with Gasteiger partial charge in [-0.2, -0.15) is 0 Å². The molecule has 1 aliphatic rings. The molecule has 3 rings (SSSR count). The first-order valence-electron chi connectivity index (χ1n) is 5.96. The van der Waals surface area contributed by atoms with Crippen molar-refractivity contribution in [2.24, 2.45) is 5.73 Å². The summed E-state index contributed by atoms with van der Waals surface area (Å²) >= 11 is 0. The van der Waals surface area contributed by atoms with Gasteiger partial charge >= 0.3 is 5.97 Å². The van der Waals surface area contributed by atoms with E-state index in [1.807, 2.05) is 0 Å². The van der Waals surface area contributed by atoms with Gasteiger partial charge in [-0.25, -0.2) is 9.18 Å². The van der Waals surface area contributed by atoms with Crippen LogP contribution in [-0.2, 0) is 4.74 Å². The monoisotopic (exact) mass is 271 g/mol. The summed E-state index contributed by atoms with van der Waals surface area (Å²) in [5, 5.41) is 0. The van der Waals surface area contributed by atoms with Crippen LogP contribution in [0.5, 0.6) is 0 Å². The maximum Gasteiger partial charge on any atom is 0.339 e. The number of halogens is 1. The van der Waals surface area contributed by atoms with E-state index < -0.39 is 18.0 Å². The lowest BCUT2D eigenvalue weighted by atomic mass is 9.97. The van der Waals surface area contributed by atoms with Gasteiger partial charge < -0.3 is 10.5 Å². The molecule has 1 aliphatic heterocycles. The zero-order chi connectivity index (χ0) is 14.3. The largest absolute Gasteiger partial charge is 0.449 e. The summed E-state index contributed by atoms with van der Waals surface area (Å²) in [4.78, 5) is 23.0. The van der Waals surface area contributed by atoms with Gasteiger partial charge in [-0.3, -0.25) is 4.79 Å². The van der Waals surface area contributed by atoms with Gasteiger partial charge in [0.2, 0.25) is 5.91 Å². The van der Waals surface area contributed by atoms with Crippen LogP contribution in [0, 0.1) is 5.82 Å². The summed E-state index contributed by atoms with van der Waals surface area (Å²) in [7, 11) is 0. The molecule has 0 radical (unpaired) electrons. The fourth-order valence-electron chi connectivity index (χ4n) is 2.23. The van der Waals surface area contributed by atoms with Gasteiger partial charge in [-0.05, 0) is 29.8 Å². The van der Waals surface area contributed by atoms with Crippen LogP contribution in [0.25, 0.3) is 0 Å². The van der Waals surface area contributed by atoms with Crippen molar-refractivity contribution >= 4 is 11.9 Å². The van der Waals surface area contributed by atoms with E-state index in [4.69, 9.17) is 10.5 Å². The number of rotatable bonds is 2. The lowest BCUT2D eigenvalue weighted by Crippen LogP contribution is -2.11. The molecule has 1 atom stereocenters. The summed E-state index contributed by atoms with van der Waals surface area (Å²) in [6.45, 7) is 0. The zero-order valence-electron chi connectivity index (χ0n) is 10.3.